The SMILES string of the molecule is CCCCCCn1cnc(=NCC)c2[nH]cnc21. The lowest BCUT2D eigenvalue weighted by atomic mass is 10.2. The number of nitrogens with zero attached hydrogens (tertiary/aromatic N) is 4. The van der Waals surface area contributed by atoms with Crippen LogP contribution in [0.1, 0.15) is 39.5 Å². The van der Waals surface area contributed by atoms with Crippen LogP contribution in [0.3, 0.4) is 0 Å². The molecule has 2 heterocycles. The van der Waals surface area contributed by atoms with Gasteiger partial charge in [0.15, 0.2) is 11.1 Å². The van der Waals surface area contributed by atoms with Crippen LogP contribution in [0.4, 0.5) is 0 Å². The van der Waals surface area contributed by atoms with E-state index in [9.17, 15) is 0 Å². The van der Waals surface area contributed by atoms with Crippen molar-refractivity contribution in [2.75, 3.05) is 6.54 Å². The highest BCUT2D eigenvalue weighted by atomic mass is 15.1. The lowest BCUT2D eigenvalue weighted by molar-refractivity contribution is 0.583. The number of imidazole rings is 1. The second kappa shape index (κ2) is 6.33. The fourth-order valence-electron chi connectivity index (χ4n) is 2.06. The van der Waals surface area contributed by atoms with Gasteiger partial charge in [0.1, 0.15) is 5.52 Å². The molecule has 5 nitrogen and oxygen atoms in total. The first-order chi connectivity index (χ1) is 8.86. The van der Waals surface area contributed by atoms with E-state index in [1.54, 1.807) is 6.33 Å². The van der Waals surface area contributed by atoms with Gasteiger partial charge in [0.25, 0.3) is 0 Å². The van der Waals surface area contributed by atoms with Crippen LogP contribution in [-0.4, -0.2) is 26.1 Å². The summed E-state index contributed by atoms with van der Waals surface area (Å²) in [6.07, 6.45) is 8.55. The summed E-state index contributed by atoms with van der Waals surface area (Å²) in [6.45, 7) is 5.94. The molecule has 2 aromatic heterocycles. The van der Waals surface area contributed by atoms with E-state index in [4.69, 9.17) is 0 Å². The molecule has 1 N–H and O–H groups in total. The van der Waals surface area contributed by atoms with Crippen molar-refractivity contribution in [2.45, 2.75) is 46.1 Å². The Morgan fingerprint density at radius 2 is 2.11 bits per heavy atom. The number of nitrogens with one attached hydrogen (secondary N) is 1. The minimum absolute atomic E-state index is 0.738. The van der Waals surface area contributed by atoms with Crippen LogP contribution in [0.25, 0.3) is 11.2 Å². The zero-order chi connectivity index (χ0) is 12.8. The number of hydrogen-bond acceptors (Lipinski definition) is 3. The molecule has 0 radical (unpaired) electrons. The molecule has 98 valence electrons. The fraction of sp³-hybridized carbons (Fsp3) is 0.615. The predicted octanol–water partition coefficient (Wildman–Crippen LogP) is 2.26. The van der Waals surface area contributed by atoms with E-state index in [1.807, 2.05) is 13.3 Å². The molecule has 0 aliphatic heterocycles. The Hall–Kier alpha value is -1.65. The third-order valence-corrected chi connectivity index (χ3v) is 2.99. The average Bonchev–Trinajstić information content (AvgIpc) is 2.86. The fourth-order valence-corrected chi connectivity index (χ4v) is 2.06. The van der Waals surface area contributed by atoms with Crippen molar-refractivity contribution in [1.29, 1.82) is 0 Å². The Morgan fingerprint density at radius 1 is 1.22 bits per heavy atom. The van der Waals surface area contributed by atoms with Crippen molar-refractivity contribution in [3.8, 4) is 0 Å². The summed E-state index contributed by atoms with van der Waals surface area (Å²) < 4.78 is 2.11. The molecular weight excluding hydrogens is 226 g/mol. The van der Waals surface area contributed by atoms with Gasteiger partial charge in [-0.1, -0.05) is 26.2 Å². The van der Waals surface area contributed by atoms with Gasteiger partial charge in [-0.05, 0) is 13.3 Å². The molecule has 2 rings (SSSR count). The largest absolute Gasteiger partial charge is 0.340 e. The number of aromatic nitrogens is 4. The first-order valence-corrected chi connectivity index (χ1v) is 6.75. The van der Waals surface area contributed by atoms with Gasteiger partial charge < -0.3 is 9.55 Å². The number of aromatic amines is 1. The first-order valence-electron chi connectivity index (χ1n) is 6.75. The molecular formula is C13H21N5. The molecule has 0 saturated carbocycles. The highest BCUT2D eigenvalue weighted by molar-refractivity contribution is 5.68. The molecule has 2 aromatic rings. The topological polar surface area (TPSA) is 58.9 Å². The van der Waals surface area contributed by atoms with Crippen LogP contribution in [-0.2, 0) is 6.54 Å². The Kier molecular flexibility index (Phi) is 4.50. The molecule has 0 spiro atoms. The summed E-state index contributed by atoms with van der Waals surface area (Å²) in [5, 5.41) is 0. The lowest BCUT2D eigenvalue weighted by Crippen LogP contribution is -2.14. The number of aryl methyl sites for hydroxylation is 1. The molecule has 0 fully saturated rings. The maximum Gasteiger partial charge on any atom is 0.176 e. The van der Waals surface area contributed by atoms with Crippen LogP contribution < -0.4 is 5.49 Å². The summed E-state index contributed by atoms with van der Waals surface area (Å²) in [7, 11) is 0. The minimum Gasteiger partial charge on any atom is -0.340 e. The number of fused-ring (bicyclic) bond motifs is 1. The van der Waals surface area contributed by atoms with Gasteiger partial charge in [0, 0.05) is 13.1 Å². The van der Waals surface area contributed by atoms with Crippen molar-refractivity contribution in [3.63, 3.8) is 0 Å². The Bertz CT molecular complexity index is 552. The van der Waals surface area contributed by atoms with E-state index in [2.05, 4.69) is 31.4 Å². The van der Waals surface area contributed by atoms with Gasteiger partial charge in [0.05, 0.1) is 12.7 Å². The van der Waals surface area contributed by atoms with Crippen LogP contribution >= 0.6 is 0 Å². The van der Waals surface area contributed by atoms with Gasteiger partial charge in [-0.25, -0.2) is 9.97 Å². The number of unbranched alkanes of at least 4 members (excludes halogenated alkanes) is 3. The third kappa shape index (κ3) is 2.78. The van der Waals surface area contributed by atoms with Crippen LogP contribution in [0.5, 0.6) is 0 Å². The quantitative estimate of drug-likeness (QED) is 0.796. The monoisotopic (exact) mass is 247 g/mol. The van der Waals surface area contributed by atoms with E-state index in [-0.39, 0.29) is 0 Å². The minimum atomic E-state index is 0.738. The molecule has 0 amide bonds. The first kappa shape index (κ1) is 12.8. The average molecular weight is 247 g/mol. The molecule has 0 aliphatic carbocycles. The van der Waals surface area contributed by atoms with Gasteiger partial charge >= 0.3 is 0 Å². The summed E-state index contributed by atoms with van der Waals surface area (Å²) in [6, 6.07) is 0. The molecule has 18 heavy (non-hydrogen) atoms. The van der Waals surface area contributed by atoms with Crippen LogP contribution in [0, 0.1) is 0 Å². The van der Waals surface area contributed by atoms with E-state index in [0.29, 0.717) is 0 Å². The Balaban J connectivity index is 2.22. The Morgan fingerprint density at radius 3 is 2.89 bits per heavy atom. The molecule has 0 aliphatic rings. The van der Waals surface area contributed by atoms with Crippen molar-refractivity contribution in [1.82, 2.24) is 19.5 Å². The van der Waals surface area contributed by atoms with E-state index < -0.39 is 0 Å². The molecule has 0 aromatic carbocycles. The molecule has 0 atom stereocenters. The molecule has 0 unspecified atom stereocenters. The second-order valence-corrected chi connectivity index (χ2v) is 4.40. The van der Waals surface area contributed by atoms with Crippen molar-refractivity contribution in [2.24, 2.45) is 4.99 Å². The van der Waals surface area contributed by atoms with Gasteiger partial charge in [-0.2, -0.15) is 0 Å². The summed E-state index contributed by atoms with van der Waals surface area (Å²) in [5.74, 6) is 0. The van der Waals surface area contributed by atoms with Gasteiger partial charge in [0.2, 0.25) is 0 Å². The van der Waals surface area contributed by atoms with Gasteiger partial charge in [-0.3, -0.25) is 4.99 Å². The predicted molar refractivity (Wildman–Crippen MR) is 72.1 cm³/mol. The molecule has 0 bridgehead atoms. The number of hydrogen-bond donors (Lipinski definition) is 1. The van der Waals surface area contributed by atoms with E-state index >= 15 is 0 Å². The second-order valence-electron chi connectivity index (χ2n) is 4.40. The molecule has 0 saturated heterocycles. The Labute approximate surface area is 107 Å². The number of rotatable bonds is 6. The third-order valence-electron chi connectivity index (χ3n) is 2.99. The van der Waals surface area contributed by atoms with E-state index in [1.165, 1.54) is 25.7 Å². The van der Waals surface area contributed by atoms with Crippen LogP contribution in [0.15, 0.2) is 17.6 Å². The lowest BCUT2D eigenvalue weighted by Gasteiger charge is -2.06. The summed E-state index contributed by atoms with van der Waals surface area (Å²) in [4.78, 5) is 16.2. The standard InChI is InChI=1S/C13H21N5/c1-3-5-6-7-8-18-10-17-12(14-4-2)11-13(18)16-9-15-11/h9-10H,3-8H2,1-2H3,(H,15,16). The zero-order valence-corrected chi connectivity index (χ0v) is 11.2. The highest BCUT2D eigenvalue weighted by Crippen LogP contribution is 2.06. The van der Waals surface area contributed by atoms with Crippen molar-refractivity contribution < 1.29 is 0 Å². The maximum absolute atomic E-state index is 4.39. The van der Waals surface area contributed by atoms with E-state index in [0.717, 1.165) is 29.7 Å². The van der Waals surface area contributed by atoms with Gasteiger partial charge in [-0.15, -0.1) is 0 Å². The zero-order valence-electron chi connectivity index (χ0n) is 11.2. The highest BCUT2D eigenvalue weighted by Gasteiger charge is 2.04. The van der Waals surface area contributed by atoms with Crippen molar-refractivity contribution >= 4 is 11.2 Å². The van der Waals surface area contributed by atoms with Crippen LogP contribution in [0.2, 0.25) is 0 Å². The number of H-pyrrole nitrogens is 1. The summed E-state index contributed by atoms with van der Waals surface area (Å²) in [5.41, 5.74) is 2.65. The van der Waals surface area contributed by atoms with Crippen molar-refractivity contribution in [3.05, 3.63) is 18.1 Å². The summed E-state index contributed by atoms with van der Waals surface area (Å²) >= 11 is 0. The maximum atomic E-state index is 4.39. The normalized spacial score (nSPS) is 12.4. The smallest absolute Gasteiger partial charge is 0.176 e. The molecule has 5 heteroatoms.